The number of nitrogens with zero attached hydrogens (tertiary/aromatic N) is 1. The number of sulfone groups is 1. The van der Waals surface area contributed by atoms with E-state index in [9.17, 15) is 8.42 Å². The lowest BCUT2D eigenvalue weighted by molar-refractivity contribution is 0.235. The van der Waals surface area contributed by atoms with Gasteiger partial charge >= 0.3 is 0 Å². The molecule has 0 radical (unpaired) electrons. The van der Waals surface area contributed by atoms with Crippen LogP contribution in [0.4, 0.5) is 5.69 Å². The second kappa shape index (κ2) is 6.24. The van der Waals surface area contributed by atoms with E-state index >= 15 is 0 Å². The maximum atomic E-state index is 11.5. The Morgan fingerprint density at radius 3 is 2.84 bits per heavy atom. The molecule has 1 aliphatic heterocycles. The van der Waals surface area contributed by atoms with Crippen LogP contribution < -0.4 is 5.32 Å². The van der Waals surface area contributed by atoms with Crippen molar-refractivity contribution in [3.63, 3.8) is 0 Å². The second-order valence-corrected chi connectivity index (χ2v) is 7.99. The minimum atomic E-state index is -2.82. The summed E-state index contributed by atoms with van der Waals surface area (Å²) in [5, 5.41) is 3.36. The minimum absolute atomic E-state index is 0.111. The van der Waals surface area contributed by atoms with Crippen LogP contribution in [-0.2, 0) is 9.84 Å². The van der Waals surface area contributed by atoms with E-state index in [4.69, 9.17) is 0 Å². The molecule has 0 bridgehead atoms. The number of anilines is 1. The highest BCUT2D eigenvalue weighted by Gasteiger charge is 2.27. The lowest BCUT2D eigenvalue weighted by Gasteiger charge is -2.33. The monoisotopic (exact) mass is 346 g/mol. The lowest BCUT2D eigenvalue weighted by Crippen LogP contribution is -2.48. The summed E-state index contributed by atoms with van der Waals surface area (Å²) in [6.45, 7) is 4.29. The molecule has 1 aliphatic rings. The van der Waals surface area contributed by atoms with Crippen LogP contribution in [0.2, 0.25) is 0 Å². The van der Waals surface area contributed by atoms with Crippen LogP contribution in [0.15, 0.2) is 28.7 Å². The number of halogens is 1. The normalized spacial score (nSPS) is 23.2. The van der Waals surface area contributed by atoms with Gasteiger partial charge in [0, 0.05) is 35.8 Å². The molecule has 1 heterocycles. The van der Waals surface area contributed by atoms with Crippen molar-refractivity contribution in [2.45, 2.75) is 13.0 Å². The quantitative estimate of drug-likeness (QED) is 0.905. The van der Waals surface area contributed by atoms with Crippen molar-refractivity contribution < 1.29 is 8.42 Å². The maximum absolute atomic E-state index is 11.5. The van der Waals surface area contributed by atoms with E-state index in [1.165, 1.54) is 0 Å². The van der Waals surface area contributed by atoms with E-state index in [-0.39, 0.29) is 17.5 Å². The highest BCUT2D eigenvalue weighted by molar-refractivity contribution is 9.10. The molecule has 19 heavy (non-hydrogen) atoms. The number of nitrogens with one attached hydrogen (secondary N) is 1. The minimum Gasteiger partial charge on any atom is -0.383 e. The molecule has 1 atom stereocenters. The molecule has 0 amide bonds. The molecular weight excluding hydrogens is 328 g/mol. The van der Waals surface area contributed by atoms with Crippen molar-refractivity contribution in [2.75, 3.05) is 36.5 Å². The van der Waals surface area contributed by atoms with Crippen LogP contribution >= 0.6 is 15.9 Å². The Bertz CT molecular complexity index is 533. The topological polar surface area (TPSA) is 49.4 Å². The largest absolute Gasteiger partial charge is 0.383 e. The van der Waals surface area contributed by atoms with E-state index in [0.29, 0.717) is 6.54 Å². The van der Waals surface area contributed by atoms with E-state index in [1.807, 2.05) is 31.2 Å². The average Bonchev–Trinajstić information content (AvgIpc) is 2.33. The molecule has 0 spiro atoms. The third kappa shape index (κ3) is 4.19. The molecule has 1 aromatic carbocycles. The fraction of sp³-hybridized carbons (Fsp3) is 0.538. The van der Waals surface area contributed by atoms with Gasteiger partial charge in [0.15, 0.2) is 9.84 Å². The van der Waals surface area contributed by atoms with Crippen LogP contribution in [0.25, 0.3) is 0 Å². The molecular formula is C13H19BrN2O2S. The molecule has 0 aromatic heterocycles. The van der Waals surface area contributed by atoms with Crippen molar-refractivity contribution in [2.24, 2.45) is 0 Å². The average molecular weight is 347 g/mol. The lowest BCUT2D eigenvalue weighted by atomic mass is 10.3. The van der Waals surface area contributed by atoms with Crippen molar-refractivity contribution in [3.05, 3.63) is 28.7 Å². The van der Waals surface area contributed by atoms with Gasteiger partial charge in [-0.1, -0.05) is 12.1 Å². The van der Waals surface area contributed by atoms with E-state index in [0.717, 1.165) is 23.2 Å². The summed E-state index contributed by atoms with van der Waals surface area (Å²) in [4.78, 5) is 2.23. The molecule has 0 saturated carbocycles. The molecule has 1 saturated heterocycles. The summed E-state index contributed by atoms with van der Waals surface area (Å²) in [6.07, 6.45) is 0. The Labute approximate surface area is 123 Å². The van der Waals surface area contributed by atoms with Gasteiger partial charge in [-0.25, -0.2) is 8.42 Å². The Morgan fingerprint density at radius 2 is 2.16 bits per heavy atom. The number of benzene rings is 1. The summed E-state index contributed by atoms with van der Waals surface area (Å²) in [7, 11) is -2.82. The maximum Gasteiger partial charge on any atom is 0.153 e. The predicted molar refractivity (Wildman–Crippen MR) is 82.3 cm³/mol. The summed E-state index contributed by atoms with van der Waals surface area (Å²) >= 11 is 3.49. The molecule has 0 aliphatic carbocycles. The molecule has 6 heteroatoms. The standard InChI is InChI=1S/C13H19BrN2O2S/c1-11-10-19(17,18)9-8-16(11)7-6-15-13-5-3-2-4-12(13)14/h2-5,11,15H,6-10H2,1H3. The summed E-state index contributed by atoms with van der Waals surface area (Å²) in [5.41, 5.74) is 1.07. The molecule has 2 rings (SSSR count). The highest BCUT2D eigenvalue weighted by atomic mass is 79.9. The first kappa shape index (κ1) is 14.8. The van der Waals surface area contributed by atoms with Crippen molar-refractivity contribution >= 4 is 31.5 Å². The summed E-state index contributed by atoms with van der Waals surface area (Å²) in [6, 6.07) is 8.10. The van der Waals surface area contributed by atoms with E-state index in [2.05, 4.69) is 26.1 Å². The molecule has 4 nitrogen and oxygen atoms in total. The van der Waals surface area contributed by atoms with Crippen LogP contribution in [-0.4, -0.2) is 50.5 Å². The number of para-hydroxylation sites is 1. The fourth-order valence-corrected chi connectivity index (χ4v) is 4.35. The van der Waals surface area contributed by atoms with Crippen molar-refractivity contribution in [1.82, 2.24) is 4.90 Å². The van der Waals surface area contributed by atoms with Gasteiger partial charge in [0.05, 0.1) is 11.5 Å². The smallest absolute Gasteiger partial charge is 0.153 e. The van der Waals surface area contributed by atoms with E-state index < -0.39 is 9.84 Å². The predicted octanol–water partition coefficient (Wildman–Crippen LogP) is 1.98. The van der Waals surface area contributed by atoms with Gasteiger partial charge in [-0.05, 0) is 35.0 Å². The van der Waals surface area contributed by atoms with Gasteiger partial charge in [0.1, 0.15) is 0 Å². The Kier molecular flexibility index (Phi) is 4.86. The number of hydrogen-bond donors (Lipinski definition) is 1. The summed E-state index contributed by atoms with van der Waals surface area (Å²) in [5.74, 6) is 0.564. The van der Waals surface area contributed by atoms with Gasteiger partial charge in [-0.2, -0.15) is 0 Å². The van der Waals surface area contributed by atoms with Gasteiger partial charge in [-0.15, -0.1) is 0 Å². The van der Waals surface area contributed by atoms with Crippen LogP contribution in [0, 0.1) is 0 Å². The van der Waals surface area contributed by atoms with Crippen molar-refractivity contribution in [1.29, 1.82) is 0 Å². The van der Waals surface area contributed by atoms with Gasteiger partial charge < -0.3 is 5.32 Å². The first-order valence-corrected chi connectivity index (χ1v) is 9.02. The summed E-state index contributed by atoms with van der Waals surface area (Å²) < 4.78 is 24.0. The van der Waals surface area contributed by atoms with Crippen LogP contribution in [0.3, 0.4) is 0 Å². The van der Waals surface area contributed by atoms with Crippen LogP contribution in [0.5, 0.6) is 0 Å². The second-order valence-electron chi connectivity index (χ2n) is 4.91. The molecule has 106 valence electrons. The molecule has 1 fully saturated rings. The Hall–Kier alpha value is -0.590. The van der Waals surface area contributed by atoms with Gasteiger partial charge in [0.25, 0.3) is 0 Å². The highest BCUT2D eigenvalue weighted by Crippen LogP contribution is 2.21. The zero-order chi connectivity index (χ0) is 13.9. The van der Waals surface area contributed by atoms with Crippen LogP contribution in [0.1, 0.15) is 6.92 Å². The third-order valence-electron chi connectivity index (χ3n) is 3.40. The Morgan fingerprint density at radius 1 is 1.42 bits per heavy atom. The Balaban J connectivity index is 1.82. The first-order chi connectivity index (χ1) is 8.98. The van der Waals surface area contributed by atoms with Gasteiger partial charge in [0.2, 0.25) is 0 Å². The zero-order valence-corrected chi connectivity index (χ0v) is 13.4. The number of hydrogen-bond acceptors (Lipinski definition) is 4. The van der Waals surface area contributed by atoms with Gasteiger partial charge in [-0.3, -0.25) is 4.90 Å². The van der Waals surface area contributed by atoms with E-state index in [1.54, 1.807) is 0 Å². The fourth-order valence-electron chi connectivity index (χ4n) is 2.30. The molecule has 1 unspecified atom stereocenters. The molecule has 1 aromatic rings. The molecule has 1 N–H and O–H groups in total. The third-order valence-corrected chi connectivity index (χ3v) is 5.88. The first-order valence-electron chi connectivity index (χ1n) is 6.41. The zero-order valence-electron chi connectivity index (χ0n) is 11.0. The number of rotatable bonds is 4. The SMILES string of the molecule is CC1CS(=O)(=O)CCN1CCNc1ccccc1Br. The van der Waals surface area contributed by atoms with Crippen molar-refractivity contribution in [3.8, 4) is 0 Å².